The maximum Gasteiger partial charge on any atom is 0.410 e. The minimum Gasteiger partial charge on any atom is -0.481 e. The number of hydrogen-bond donors (Lipinski definition) is 2. The van der Waals surface area contributed by atoms with Crippen molar-refractivity contribution in [3.05, 3.63) is 47.5 Å². The molecule has 3 rings (SSSR count). The van der Waals surface area contributed by atoms with E-state index in [0.717, 1.165) is 35.3 Å². The average molecular weight is 441 g/mol. The fourth-order valence-corrected chi connectivity index (χ4v) is 3.79. The number of nitrogens with zero attached hydrogens (tertiary/aromatic N) is 3. The summed E-state index contributed by atoms with van der Waals surface area (Å²) in [5, 5.41) is 12.4. The number of nitrogens with one attached hydrogen (secondary N) is 1. The van der Waals surface area contributed by atoms with Crippen molar-refractivity contribution in [3.8, 4) is 0 Å². The maximum atomic E-state index is 12.4. The van der Waals surface area contributed by atoms with Crippen LogP contribution in [0.5, 0.6) is 0 Å². The number of aromatic nitrogens is 2. The van der Waals surface area contributed by atoms with Crippen molar-refractivity contribution in [2.24, 2.45) is 0 Å². The lowest BCUT2D eigenvalue weighted by Gasteiger charge is -2.34. The van der Waals surface area contributed by atoms with Gasteiger partial charge in [0.05, 0.1) is 18.1 Å². The van der Waals surface area contributed by atoms with E-state index in [1.54, 1.807) is 17.3 Å². The third-order valence-electron chi connectivity index (χ3n) is 5.39. The molecule has 0 unspecified atom stereocenters. The van der Waals surface area contributed by atoms with Crippen LogP contribution in [0.2, 0.25) is 0 Å². The lowest BCUT2D eigenvalue weighted by molar-refractivity contribution is -0.136. The molecule has 8 nitrogen and oxygen atoms in total. The number of aryl methyl sites for hydroxylation is 2. The van der Waals surface area contributed by atoms with E-state index >= 15 is 0 Å². The van der Waals surface area contributed by atoms with Crippen LogP contribution in [0.15, 0.2) is 30.6 Å². The summed E-state index contributed by atoms with van der Waals surface area (Å²) in [6.45, 7) is 8.71. The molecule has 172 valence electrons. The minimum absolute atomic E-state index is 0.0840. The van der Waals surface area contributed by atoms with Gasteiger partial charge < -0.3 is 20.1 Å². The third-order valence-corrected chi connectivity index (χ3v) is 5.39. The SMILES string of the molecule is Cc1ncc(Nc2cc(CCC(=O)O)ccc2C2CCN(C(=O)OC(C)(C)C)CC2)cn1. The van der Waals surface area contributed by atoms with Crippen molar-refractivity contribution < 1.29 is 19.4 Å². The molecule has 32 heavy (non-hydrogen) atoms. The van der Waals surface area contributed by atoms with Gasteiger partial charge >= 0.3 is 12.1 Å². The summed E-state index contributed by atoms with van der Waals surface area (Å²) in [7, 11) is 0. The van der Waals surface area contributed by atoms with Crippen molar-refractivity contribution in [2.75, 3.05) is 18.4 Å². The molecule has 0 saturated carbocycles. The van der Waals surface area contributed by atoms with Crippen LogP contribution in [0.25, 0.3) is 0 Å². The zero-order valence-corrected chi connectivity index (χ0v) is 19.2. The van der Waals surface area contributed by atoms with Gasteiger partial charge in [0.1, 0.15) is 11.4 Å². The van der Waals surface area contributed by atoms with Crippen molar-refractivity contribution in [1.29, 1.82) is 0 Å². The van der Waals surface area contributed by atoms with E-state index in [9.17, 15) is 9.59 Å². The van der Waals surface area contributed by atoms with Crippen molar-refractivity contribution in [3.63, 3.8) is 0 Å². The molecule has 1 aromatic heterocycles. The Morgan fingerprint density at radius 3 is 2.44 bits per heavy atom. The molecular formula is C24H32N4O4. The van der Waals surface area contributed by atoms with Gasteiger partial charge in [-0.2, -0.15) is 0 Å². The molecule has 1 aliphatic heterocycles. The summed E-state index contributed by atoms with van der Waals surface area (Å²) in [6.07, 6.45) is 5.41. The van der Waals surface area contributed by atoms with Crippen molar-refractivity contribution in [1.82, 2.24) is 14.9 Å². The largest absolute Gasteiger partial charge is 0.481 e. The second-order valence-electron chi connectivity index (χ2n) is 9.20. The number of ether oxygens (including phenoxy) is 1. The molecule has 0 radical (unpaired) electrons. The number of rotatable bonds is 6. The highest BCUT2D eigenvalue weighted by molar-refractivity contribution is 5.69. The number of carbonyl (C=O) groups is 2. The minimum atomic E-state index is -0.815. The molecule has 2 N–H and O–H groups in total. The first-order chi connectivity index (χ1) is 15.1. The highest BCUT2D eigenvalue weighted by Crippen LogP contribution is 2.35. The maximum absolute atomic E-state index is 12.4. The molecule has 1 amide bonds. The van der Waals surface area contributed by atoms with Crippen molar-refractivity contribution >= 4 is 23.4 Å². The predicted molar refractivity (Wildman–Crippen MR) is 122 cm³/mol. The molecule has 0 aliphatic carbocycles. The smallest absolute Gasteiger partial charge is 0.410 e. The van der Waals surface area contributed by atoms with E-state index < -0.39 is 11.6 Å². The van der Waals surface area contributed by atoms with Crippen LogP contribution in [0, 0.1) is 6.92 Å². The van der Waals surface area contributed by atoms with E-state index in [2.05, 4.69) is 21.4 Å². The second-order valence-corrected chi connectivity index (χ2v) is 9.20. The average Bonchev–Trinajstić information content (AvgIpc) is 2.73. The van der Waals surface area contributed by atoms with Crippen LogP contribution in [0.4, 0.5) is 16.2 Å². The number of carbonyl (C=O) groups excluding carboxylic acids is 1. The summed E-state index contributed by atoms with van der Waals surface area (Å²) >= 11 is 0. The Balaban J connectivity index is 1.76. The normalized spacial score (nSPS) is 14.8. The van der Waals surface area contributed by atoms with Gasteiger partial charge in [0.25, 0.3) is 0 Å². The van der Waals surface area contributed by atoms with Crippen LogP contribution in [0.3, 0.4) is 0 Å². The first-order valence-corrected chi connectivity index (χ1v) is 11.0. The number of anilines is 2. The van der Waals surface area contributed by atoms with E-state index in [0.29, 0.717) is 25.3 Å². The first-order valence-electron chi connectivity index (χ1n) is 11.0. The van der Waals surface area contributed by atoms with Crippen LogP contribution in [0.1, 0.15) is 62.9 Å². The fraction of sp³-hybridized carbons (Fsp3) is 0.500. The summed E-state index contributed by atoms with van der Waals surface area (Å²) in [5.41, 5.74) is 3.30. The second kappa shape index (κ2) is 9.97. The lowest BCUT2D eigenvalue weighted by atomic mass is 9.87. The zero-order valence-electron chi connectivity index (χ0n) is 19.2. The van der Waals surface area contributed by atoms with Crippen LogP contribution < -0.4 is 5.32 Å². The number of aliphatic carboxylic acids is 1. The van der Waals surface area contributed by atoms with Gasteiger partial charge in [-0.05, 0) is 70.1 Å². The molecule has 8 heteroatoms. The van der Waals surface area contributed by atoms with E-state index in [4.69, 9.17) is 9.84 Å². The van der Waals surface area contributed by atoms with Gasteiger partial charge in [-0.15, -0.1) is 0 Å². The molecule has 2 heterocycles. The highest BCUT2D eigenvalue weighted by atomic mass is 16.6. The summed E-state index contributed by atoms with van der Waals surface area (Å²) in [4.78, 5) is 33.7. The molecule has 0 bridgehead atoms. The monoisotopic (exact) mass is 440 g/mol. The molecule has 1 aromatic carbocycles. The van der Waals surface area contributed by atoms with Gasteiger partial charge in [0.15, 0.2) is 0 Å². The fourth-order valence-electron chi connectivity index (χ4n) is 3.79. The van der Waals surface area contributed by atoms with E-state index in [1.165, 1.54) is 0 Å². The van der Waals surface area contributed by atoms with Gasteiger partial charge in [0.2, 0.25) is 0 Å². The van der Waals surface area contributed by atoms with Crippen LogP contribution in [-0.4, -0.2) is 50.7 Å². The topological polar surface area (TPSA) is 105 Å². The molecule has 0 spiro atoms. The Kier molecular flexibility index (Phi) is 7.33. The first kappa shape index (κ1) is 23.5. The molecule has 1 saturated heterocycles. The molecule has 0 atom stereocenters. The number of benzene rings is 1. The van der Waals surface area contributed by atoms with Gasteiger partial charge in [0, 0.05) is 25.2 Å². The molecule has 1 aliphatic rings. The zero-order chi connectivity index (χ0) is 23.3. The van der Waals surface area contributed by atoms with E-state index in [-0.39, 0.29) is 18.4 Å². The standard InChI is InChI=1S/C24H32N4O4/c1-16-25-14-19(15-26-16)27-21-13-17(6-8-22(29)30)5-7-20(21)18-9-11-28(12-10-18)23(31)32-24(2,3)4/h5,7,13-15,18,27H,6,8-12H2,1-4H3,(H,29,30). The van der Waals surface area contributed by atoms with Gasteiger partial charge in [-0.25, -0.2) is 14.8 Å². The number of hydrogen-bond acceptors (Lipinski definition) is 6. The number of likely N-dealkylation sites (tertiary alicyclic amines) is 1. The van der Waals surface area contributed by atoms with Crippen LogP contribution >= 0.6 is 0 Å². The summed E-state index contributed by atoms with van der Waals surface area (Å²) in [6, 6.07) is 6.08. The number of carboxylic acid groups (broad SMARTS) is 1. The highest BCUT2D eigenvalue weighted by Gasteiger charge is 2.28. The summed E-state index contributed by atoms with van der Waals surface area (Å²) < 4.78 is 5.51. The van der Waals surface area contributed by atoms with E-state index in [1.807, 2.05) is 39.8 Å². The molecule has 2 aromatic rings. The number of carboxylic acids is 1. The summed E-state index contributed by atoms with van der Waals surface area (Å²) in [5.74, 6) is 0.154. The Bertz CT molecular complexity index is 945. The predicted octanol–water partition coefficient (Wildman–Crippen LogP) is 4.66. The lowest BCUT2D eigenvalue weighted by Crippen LogP contribution is -2.41. The van der Waals surface area contributed by atoms with Crippen molar-refractivity contribution in [2.45, 2.75) is 64.9 Å². The third kappa shape index (κ3) is 6.67. The Morgan fingerprint density at radius 1 is 1.19 bits per heavy atom. The molecule has 1 fully saturated rings. The van der Waals surface area contributed by atoms with Gasteiger partial charge in [-0.3, -0.25) is 4.79 Å². The number of amides is 1. The van der Waals surface area contributed by atoms with Crippen LogP contribution in [-0.2, 0) is 16.0 Å². The molecular weight excluding hydrogens is 408 g/mol. The van der Waals surface area contributed by atoms with Gasteiger partial charge in [-0.1, -0.05) is 12.1 Å². The Morgan fingerprint density at radius 2 is 1.84 bits per heavy atom. The Hall–Kier alpha value is -3.16. The Labute approximate surface area is 189 Å². The quantitative estimate of drug-likeness (QED) is 0.673. The number of piperidine rings is 1.